The van der Waals surface area contributed by atoms with Gasteiger partial charge in [-0.05, 0) is 37.5 Å². The van der Waals surface area contributed by atoms with E-state index >= 15 is 0 Å². The molecule has 1 unspecified atom stereocenters. The van der Waals surface area contributed by atoms with E-state index in [9.17, 15) is 4.79 Å². The van der Waals surface area contributed by atoms with Crippen LogP contribution in [0.1, 0.15) is 32.4 Å². The molecule has 1 aliphatic rings. The van der Waals surface area contributed by atoms with Crippen LogP contribution in [0.5, 0.6) is 0 Å². The number of nitrogens with one attached hydrogen (secondary N) is 1. The first-order chi connectivity index (χ1) is 11.9. The molecule has 2 aromatic carbocycles. The van der Waals surface area contributed by atoms with Crippen molar-refractivity contribution in [1.82, 2.24) is 10.2 Å². The first-order valence-corrected chi connectivity index (χ1v) is 8.80. The summed E-state index contributed by atoms with van der Waals surface area (Å²) in [5.41, 5.74) is 3.13. The highest BCUT2D eigenvalue weighted by Crippen LogP contribution is 2.29. The monoisotopic (exact) mass is 338 g/mol. The Morgan fingerprint density at radius 2 is 1.76 bits per heavy atom. The van der Waals surface area contributed by atoms with E-state index in [1.54, 1.807) is 4.90 Å². The van der Waals surface area contributed by atoms with Gasteiger partial charge < -0.3 is 15.0 Å². The lowest BCUT2D eigenvalue weighted by Gasteiger charge is -2.35. The Balaban J connectivity index is 1.82. The van der Waals surface area contributed by atoms with Crippen molar-refractivity contribution in [1.29, 1.82) is 0 Å². The Morgan fingerprint density at radius 3 is 2.48 bits per heavy atom. The van der Waals surface area contributed by atoms with Gasteiger partial charge in [0.25, 0.3) is 0 Å². The number of rotatable bonds is 2. The predicted octanol–water partition coefficient (Wildman–Crippen LogP) is 4.24. The third-order valence-corrected chi connectivity index (χ3v) is 4.25. The van der Waals surface area contributed by atoms with Gasteiger partial charge in [0.1, 0.15) is 5.60 Å². The largest absolute Gasteiger partial charge is 0.444 e. The SMILES string of the molecule is CC(C)(C)OC(=O)N1CCNC(c2ccccc2-c2ccccc2)C1. The first-order valence-electron chi connectivity index (χ1n) is 8.80. The number of hydrogen-bond donors (Lipinski definition) is 1. The number of carbonyl (C=O) groups excluding carboxylic acids is 1. The number of nitrogens with zero attached hydrogens (tertiary/aromatic N) is 1. The van der Waals surface area contributed by atoms with Crippen LogP contribution in [-0.4, -0.2) is 36.2 Å². The molecule has 1 amide bonds. The topological polar surface area (TPSA) is 41.6 Å². The molecule has 132 valence electrons. The summed E-state index contributed by atoms with van der Waals surface area (Å²) in [6, 6.07) is 18.8. The number of hydrogen-bond acceptors (Lipinski definition) is 3. The summed E-state index contributed by atoms with van der Waals surface area (Å²) in [5.74, 6) is 0. The third kappa shape index (κ3) is 4.40. The molecule has 0 aliphatic carbocycles. The van der Waals surface area contributed by atoms with Gasteiger partial charge in [0, 0.05) is 19.6 Å². The minimum Gasteiger partial charge on any atom is -0.444 e. The van der Waals surface area contributed by atoms with Gasteiger partial charge in [0.05, 0.1) is 6.04 Å². The van der Waals surface area contributed by atoms with Gasteiger partial charge in [-0.2, -0.15) is 0 Å². The lowest BCUT2D eigenvalue weighted by atomic mass is 9.94. The summed E-state index contributed by atoms with van der Waals surface area (Å²) >= 11 is 0. The molecule has 1 saturated heterocycles. The first kappa shape index (κ1) is 17.5. The number of carbonyl (C=O) groups is 1. The molecule has 1 aliphatic heterocycles. The molecule has 1 heterocycles. The zero-order valence-electron chi connectivity index (χ0n) is 15.2. The van der Waals surface area contributed by atoms with Crippen LogP contribution in [0, 0.1) is 0 Å². The van der Waals surface area contributed by atoms with Crippen LogP contribution in [0.25, 0.3) is 11.1 Å². The van der Waals surface area contributed by atoms with Crippen molar-refractivity contribution in [2.24, 2.45) is 0 Å². The maximum absolute atomic E-state index is 12.4. The highest BCUT2D eigenvalue weighted by molar-refractivity contribution is 5.70. The fourth-order valence-corrected chi connectivity index (χ4v) is 3.13. The maximum atomic E-state index is 12.4. The summed E-state index contributed by atoms with van der Waals surface area (Å²) < 4.78 is 5.54. The van der Waals surface area contributed by atoms with E-state index in [2.05, 4.69) is 41.7 Å². The van der Waals surface area contributed by atoms with Crippen LogP contribution in [0.2, 0.25) is 0 Å². The standard InChI is InChI=1S/C21H26N2O2/c1-21(2,3)25-20(24)23-14-13-22-19(15-23)18-12-8-7-11-17(18)16-9-5-4-6-10-16/h4-12,19,22H,13-15H2,1-3H3. The maximum Gasteiger partial charge on any atom is 0.410 e. The molecule has 0 aromatic heterocycles. The minimum atomic E-state index is -0.473. The molecule has 4 nitrogen and oxygen atoms in total. The van der Waals surface area contributed by atoms with Crippen LogP contribution in [0.3, 0.4) is 0 Å². The van der Waals surface area contributed by atoms with Gasteiger partial charge in [-0.3, -0.25) is 0 Å². The number of benzene rings is 2. The average Bonchev–Trinajstić information content (AvgIpc) is 2.61. The van der Waals surface area contributed by atoms with Crippen LogP contribution in [0.15, 0.2) is 54.6 Å². The van der Waals surface area contributed by atoms with Crippen molar-refractivity contribution in [2.75, 3.05) is 19.6 Å². The quantitative estimate of drug-likeness (QED) is 0.891. The molecule has 0 spiro atoms. The molecule has 0 saturated carbocycles. The Bertz CT molecular complexity index is 722. The second-order valence-electron chi connectivity index (χ2n) is 7.39. The molecular formula is C21H26N2O2. The highest BCUT2D eigenvalue weighted by atomic mass is 16.6. The number of piperazine rings is 1. The van der Waals surface area contributed by atoms with Crippen LogP contribution in [-0.2, 0) is 4.74 Å². The van der Waals surface area contributed by atoms with Gasteiger partial charge in [-0.1, -0.05) is 54.6 Å². The highest BCUT2D eigenvalue weighted by Gasteiger charge is 2.29. The van der Waals surface area contributed by atoms with Crippen molar-refractivity contribution >= 4 is 6.09 Å². The summed E-state index contributed by atoms with van der Waals surface area (Å²) in [4.78, 5) is 14.2. The Kier molecular flexibility index (Phi) is 5.09. The zero-order valence-corrected chi connectivity index (χ0v) is 15.2. The molecule has 1 fully saturated rings. The van der Waals surface area contributed by atoms with Crippen molar-refractivity contribution in [3.8, 4) is 11.1 Å². The van der Waals surface area contributed by atoms with E-state index in [4.69, 9.17) is 4.74 Å². The van der Waals surface area contributed by atoms with Gasteiger partial charge in [0.15, 0.2) is 0 Å². The summed E-state index contributed by atoms with van der Waals surface area (Å²) in [6.07, 6.45) is -0.240. The summed E-state index contributed by atoms with van der Waals surface area (Å²) in [5, 5.41) is 3.54. The second kappa shape index (κ2) is 7.28. The average molecular weight is 338 g/mol. The van der Waals surface area contributed by atoms with Crippen molar-refractivity contribution in [2.45, 2.75) is 32.4 Å². The van der Waals surface area contributed by atoms with Crippen molar-refractivity contribution < 1.29 is 9.53 Å². The van der Waals surface area contributed by atoms with Crippen molar-refractivity contribution in [3.05, 3.63) is 60.2 Å². The fraction of sp³-hybridized carbons (Fsp3) is 0.381. The molecule has 0 radical (unpaired) electrons. The number of amides is 1. The van der Waals surface area contributed by atoms with Crippen LogP contribution >= 0.6 is 0 Å². The second-order valence-corrected chi connectivity index (χ2v) is 7.39. The molecule has 25 heavy (non-hydrogen) atoms. The van der Waals surface area contributed by atoms with E-state index in [1.165, 1.54) is 16.7 Å². The summed E-state index contributed by atoms with van der Waals surface area (Å²) in [7, 11) is 0. The van der Waals surface area contributed by atoms with Gasteiger partial charge >= 0.3 is 6.09 Å². The number of ether oxygens (including phenoxy) is 1. The van der Waals surface area contributed by atoms with Gasteiger partial charge in [0.2, 0.25) is 0 Å². The van der Waals surface area contributed by atoms with E-state index in [-0.39, 0.29) is 12.1 Å². The molecular weight excluding hydrogens is 312 g/mol. The fourth-order valence-electron chi connectivity index (χ4n) is 3.13. The normalized spacial score (nSPS) is 18.0. The predicted molar refractivity (Wildman–Crippen MR) is 100 cm³/mol. The molecule has 1 N–H and O–H groups in total. The van der Waals surface area contributed by atoms with Crippen LogP contribution in [0.4, 0.5) is 4.79 Å². The molecule has 0 bridgehead atoms. The van der Waals surface area contributed by atoms with Crippen LogP contribution < -0.4 is 5.32 Å². The molecule has 3 rings (SSSR count). The van der Waals surface area contributed by atoms with E-state index in [1.807, 2.05) is 39.0 Å². The summed E-state index contributed by atoms with van der Waals surface area (Å²) in [6.45, 7) is 7.73. The molecule has 1 atom stereocenters. The Labute approximate surface area is 149 Å². The van der Waals surface area contributed by atoms with Crippen molar-refractivity contribution in [3.63, 3.8) is 0 Å². The smallest absolute Gasteiger partial charge is 0.410 e. The lowest BCUT2D eigenvalue weighted by molar-refractivity contribution is 0.0195. The third-order valence-electron chi connectivity index (χ3n) is 4.25. The van der Waals surface area contributed by atoms with Gasteiger partial charge in [-0.15, -0.1) is 0 Å². The zero-order chi connectivity index (χ0) is 17.9. The van der Waals surface area contributed by atoms with E-state index < -0.39 is 5.60 Å². The molecule has 2 aromatic rings. The van der Waals surface area contributed by atoms with E-state index in [0.29, 0.717) is 13.1 Å². The Morgan fingerprint density at radius 1 is 1.08 bits per heavy atom. The Hall–Kier alpha value is -2.33. The van der Waals surface area contributed by atoms with Gasteiger partial charge in [-0.25, -0.2) is 4.79 Å². The lowest BCUT2D eigenvalue weighted by Crippen LogP contribution is -2.49. The molecule has 4 heteroatoms. The van der Waals surface area contributed by atoms with E-state index in [0.717, 1.165) is 6.54 Å². The minimum absolute atomic E-state index is 0.0951.